The van der Waals surface area contributed by atoms with Crippen molar-refractivity contribution in [3.8, 4) is 5.75 Å². The van der Waals surface area contributed by atoms with Gasteiger partial charge in [0.25, 0.3) is 0 Å². The predicted octanol–water partition coefficient (Wildman–Crippen LogP) is 5.93. The fraction of sp³-hybridized carbons (Fsp3) is 0.650. The summed E-state index contributed by atoms with van der Waals surface area (Å²) in [6, 6.07) is 2.76. The summed E-state index contributed by atoms with van der Waals surface area (Å²) in [4.78, 5) is 12.5. The lowest BCUT2D eigenvalue weighted by molar-refractivity contribution is 0.0865. The van der Waals surface area contributed by atoms with Crippen molar-refractivity contribution >= 4 is 5.78 Å². The van der Waals surface area contributed by atoms with E-state index in [1.807, 2.05) is 0 Å². The molecule has 4 heteroatoms. The minimum Gasteiger partial charge on any atom is -0.490 e. The van der Waals surface area contributed by atoms with Crippen LogP contribution in [0.25, 0.3) is 0 Å². The van der Waals surface area contributed by atoms with E-state index in [9.17, 15) is 13.6 Å². The minimum atomic E-state index is -1.06. The van der Waals surface area contributed by atoms with Gasteiger partial charge in [-0.3, -0.25) is 4.79 Å². The first-order valence-electron chi connectivity index (χ1n) is 9.23. The van der Waals surface area contributed by atoms with Crippen molar-refractivity contribution in [2.45, 2.75) is 65.2 Å². The first kappa shape index (κ1) is 18.9. The van der Waals surface area contributed by atoms with Crippen LogP contribution >= 0.6 is 0 Å². The van der Waals surface area contributed by atoms with E-state index in [0.29, 0.717) is 12.5 Å². The Kier molecular flexibility index (Phi) is 7.19. The molecule has 0 saturated heterocycles. The highest BCUT2D eigenvalue weighted by atomic mass is 19.2. The fourth-order valence-corrected chi connectivity index (χ4v) is 3.42. The van der Waals surface area contributed by atoms with E-state index in [0.717, 1.165) is 51.4 Å². The van der Waals surface area contributed by atoms with Gasteiger partial charge in [-0.2, -0.15) is 4.39 Å². The molecule has 0 radical (unpaired) electrons. The zero-order valence-electron chi connectivity index (χ0n) is 14.7. The lowest BCUT2D eigenvalue weighted by Gasteiger charge is -2.27. The highest BCUT2D eigenvalue weighted by molar-refractivity contribution is 5.98. The van der Waals surface area contributed by atoms with Gasteiger partial charge in [-0.05, 0) is 50.2 Å². The van der Waals surface area contributed by atoms with Gasteiger partial charge in [-0.15, -0.1) is 0 Å². The van der Waals surface area contributed by atoms with Crippen molar-refractivity contribution in [2.75, 3.05) is 6.61 Å². The molecular formula is C20H28F2O2. The molecule has 2 nitrogen and oxygen atoms in total. The SMILES string of the molecule is CCCCCOc1ccc(C(=O)C2CCC(CC)CC2)c(F)c1F. The molecule has 0 N–H and O–H groups in total. The topological polar surface area (TPSA) is 26.3 Å². The van der Waals surface area contributed by atoms with Gasteiger partial charge < -0.3 is 4.74 Å². The summed E-state index contributed by atoms with van der Waals surface area (Å²) in [5, 5.41) is 0. The first-order chi connectivity index (χ1) is 11.6. The number of halogens is 2. The predicted molar refractivity (Wildman–Crippen MR) is 91.4 cm³/mol. The van der Waals surface area contributed by atoms with Crippen LogP contribution in [0.2, 0.25) is 0 Å². The van der Waals surface area contributed by atoms with Gasteiger partial charge in [0.15, 0.2) is 17.3 Å². The van der Waals surface area contributed by atoms with Crippen LogP contribution < -0.4 is 4.74 Å². The van der Waals surface area contributed by atoms with Gasteiger partial charge in [0.1, 0.15) is 0 Å². The second-order valence-corrected chi connectivity index (χ2v) is 6.78. The van der Waals surface area contributed by atoms with Gasteiger partial charge >= 0.3 is 0 Å². The van der Waals surface area contributed by atoms with Crippen LogP contribution in [-0.4, -0.2) is 12.4 Å². The minimum absolute atomic E-state index is 0.102. The highest BCUT2D eigenvalue weighted by Gasteiger charge is 2.29. The van der Waals surface area contributed by atoms with E-state index in [1.54, 1.807) is 0 Å². The number of rotatable bonds is 8. The molecule has 2 rings (SSSR count). The van der Waals surface area contributed by atoms with E-state index in [-0.39, 0.29) is 23.0 Å². The molecule has 24 heavy (non-hydrogen) atoms. The number of benzene rings is 1. The van der Waals surface area contributed by atoms with Crippen LogP contribution in [0.5, 0.6) is 5.75 Å². The Morgan fingerprint density at radius 1 is 1.08 bits per heavy atom. The van der Waals surface area contributed by atoms with Crippen molar-refractivity contribution < 1.29 is 18.3 Å². The molecule has 0 unspecified atom stereocenters. The average Bonchev–Trinajstić information content (AvgIpc) is 2.61. The summed E-state index contributed by atoms with van der Waals surface area (Å²) in [6.45, 7) is 4.58. The van der Waals surface area contributed by atoms with E-state index in [4.69, 9.17) is 4.74 Å². The second kappa shape index (κ2) is 9.14. The third-order valence-corrected chi connectivity index (χ3v) is 5.11. The molecule has 0 bridgehead atoms. The quantitative estimate of drug-likeness (QED) is 0.433. The van der Waals surface area contributed by atoms with E-state index < -0.39 is 11.6 Å². The number of hydrogen-bond donors (Lipinski definition) is 0. The third kappa shape index (κ3) is 4.55. The van der Waals surface area contributed by atoms with Gasteiger partial charge in [0, 0.05) is 5.92 Å². The lowest BCUT2D eigenvalue weighted by Crippen LogP contribution is -2.23. The third-order valence-electron chi connectivity index (χ3n) is 5.11. The van der Waals surface area contributed by atoms with Crippen LogP contribution in [0.1, 0.15) is 75.6 Å². The number of carbonyl (C=O) groups excluding carboxylic acids is 1. The maximum Gasteiger partial charge on any atom is 0.201 e. The Hall–Kier alpha value is -1.45. The van der Waals surface area contributed by atoms with Crippen molar-refractivity contribution in [2.24, 2.45) is 11.8 Å². The monoisotopic (exact) mass is 338 g/mol. The molecule has 0 aliphatic heterocycles. The summed E-state index contributed by atoms with van der Waals surface area (Å²) < 4.78 is 33.8. The summed E-state index contributed by atoms with van der Waals surface area (Å²) in [5.41, 5.74) is -0.131. The standard InChI is InChI=1S/C20H28F2O2/c1-3-5-6-13-24-17-12-11-16(18(21)19(17)22)20(23)15-9-7-14(4-2)8-10-15/h11-12,14-15H,3-10,13H2,1-2H3. The smallest absolute Gasteiger partial charge is 0.201 e. The molecule has 0 amide bonds. The zero-order valence-corrected chi connectivity index (χ0v) is 14.7. The molecule has 1 aromatic carbocycles. The molecule has 0 spiro atoms. The Labute approximate surface area is 143 Å². The van der Waals surface area contributed by atoms with E-state index >= 15 is 0 Å². The van der Waals surface area contributed by atoms with E-state index in [1.165, 1.54) is 12.1 Å². The van der Waals surface area contributed by atoms with Gasteiger partial charge in [0.2, 0.25) is 5.82 Å². The van der Waals surface area contributed by atoms with Crippen LogP contribution in [0.15, 0.2) is 12.1 Å². The fourth-order valence-electron chi connectivity index (χ4n) is 3.42. The van der Waals surface area contributed by atoms with Crippen molar-refractivity contribution in [3.63, 3.8) is 0 Å². The molecule has 1 aliphatic rings. The normalized spacial score (nSPS) is 20.8. The zero-order chi connectivity index (χ0) is 17.5. The number of ether oxygens (including phenoxy) is 1. The van der Waals surface area contributed by atoms with Crippen molar-refractivity contribution in [1.29, 1.82) is 0 Å². The van der Waals surface area contributed by atoms with Gasteiger partial charge in [-0.25, -0.2) is 4.39 Å². The molecule has 1 saturated carbocycles. The maximum atomic E-state index is 14.3. The Morgan fingerprint density at radius 2 is 1.79 bits per heavy atom. The molecular weight excluding hydrogens is 310 g/mol. The number of Topliss-reactive ketones (excluding diaryl/α,β-unsaturated/α-hetero) is 1. The number of hydrogen-bond acceptors (Lipinski definition) is 2. The molecule has 1 fully saturated rings. The molecule has 0 atom stereocenters. The summed E-state index contributed by atoms with van der Waals surface area (Å²) in [7, 11) is 0. The molecule has 134 valence electrons. The largest absolute Gasteiger partial charge is 0.490 e. The maximum absolute atomic E-state index is 14.3. The number of unbranched alkanes of at least 4 members (excludes halogenated alkanes) is 2. The molecule has 0 aromatic heterocycles. The van der Waals surface area contributed by atoms with Crippen LogP contribution in [0.4, 0.5) is 8.78 Å². The summed E-state index contributed by atoms with van der Waals surface area (Å²) in [5.74, 6) is -1.99. The highest BCUT2D eigenvalue weighted by Crippen LogP contribution is 2.34. The summed E-state index contributed by atoms with van der Waals surface area (Å²) >= 11 is 0. The Balaban J connectivity index is 2.03. The molecule has 1 aliphatic carbocycles. The molecule has 1 aromatic rings. The molecule has 0 heterocycles. The van der Waals surface area contributed by atoms with E-state index in [2.05, 4.69) is 13.8 Å². The van der Waals surface area contributed by atoms with Crippen molar-refractivity contribution in [3.05, 3.63) is 29.3 Å². The van der Waals surface area contributed by atoms with Crippen LogP contribution in [0, 0.1) is 23.5 Å². The van der Waals surface area contributed by atoms with Gasteiger partial charge in [-0.1, -0.05) is 33.1 Å². The lowest BCUT2D eigenvalue weighted by atomic mass is 9.77. The van der Waals surface area contributed by atoms with Gasteiger partial charge in [0.05, 0.1) is 12.2 Å². The number of carbonyl (C=O) groups is 1. The second-order valence-electron chi connectivity index (χ2n) is 6.78. The Bertz CT molecular complexity index is 549. The van der Waals surface area contributed by atoms with Crippen LogP contribution in [0.3, 0.4) is 0 Å². The Morgan fingerprint density at radius 3 is 2.42 bits per heavy atom. The number of ketones is 1. The average molecular weight is 338 g/mol. The van der Waals surface area contributed by atoms with Crippen LogP contribution in [-0.2, 0) is 0 Å². The first-order valence-corrected chi connectivity index (χ1v) is 9.23. The summed E-state index contributed by atoms with van der Waals surface area (Å²) in [6.07, 6.45) is 7.48. The van der Waals surface area contributed by atoms with Crippen molar-refractivity contribution in [1.82, 2.24) is 0 Å².